The second-order valence-corrected chi connectivity index (χ2v) is 3.76. The number of hydrogen-bond donors (Lipinski definition) is 1. The summed E-state index contributed by atoms with van der Waals surface area (Å²) in [4.78, 5) is 10.6. The molecule has 0 aliphatic rings. The molecule has 1 N–H and O–H groups in total. The van der Waals surface area contributed by atoms with Crippen molar-refractivity contribution in [3.05, 3.63) is 12.3 Å². The van der Waals surface area contributed by atoms with E-state index in [0.717, 1.165) is 12.4 Å². The first-order valence-corrected chi connectivity index (χ1v) is 4.85. The predicted octanol–water partition coefficient (Wildman–Crippen LogP) is 1.61. The van der Waals surface area contributed by atoms with Gasteiger partial charge in [-0.2, -0.15) is 4.98 Å². The summed E-state index contributed by atoms with van der Waals surface area (Å²) >= 11 is 0. The van der Waals surface area contributed by atoms with Crippen molar-refractivity contribution in [3.63, 3.8) is 0 Å². The Morgan fingerprint density at radius 2 is 2.21 bits per heavy atom. The zero-order valence-corrected chi connectivity index (χ0v) is 9.28. The van der Waals surface area contributed by atoms with Crippen molar-refractivity contribution in [3.8, 4) is 0 Å². The van der Waals surface area contributed by atoms with Crippen LogP contribution < -0.4 is 10.2 Å². The van der Waals surface area contributed by atoms with Crippen molar-refractivity contribution in [1.82, 2.24) is 9.97 Å². The molecule has 0 aromatic carbocycles. The predicted molar refractivity (Wildman–Crippen MR) is 59.7 cm³/mol. The van der Waals surface area contributed by atoms with Crippen LogP contribution in [0.15, 0.2) is 12.3 Å². The molecule has 0 amide bonds. The van der Waals surface area contributed by atoms with Gasteiger partial charge in [-0.05, 0) is 12.0 Å². The number of rotatable bonds is 4. The molecule has 0 fully saturated rings. The molecule has 1 aromatic heterocycles. The van der Waals surface area contributed by atoms with E-state index in [2.05, 4.69) is 34.0 Å². The Balaban J connectivity index is 2.73. The first-order valence-electron chi connectivity index (χ1n) is 4.85. The van der Waals surface area contributed by atoms with Gasteiger partial charge in [0.1, 0.15) is 5.82 Å². The lowest BCUT2D eigenvalue weighted by Gasteiger charge is -2.20. The third kappa shape index (κ3) is 2.87. The van der Waals surface area contributed by atoms with Crippen LogP contribution in [0.3, 0.4) is 0 Å². The normalized spacial score (nSPS) is 10.4. The average molecular weight is 194 g/mol. The third-order valence-electron chi connectivity index (χ3n) is 1.89. The van der Waals surface area contributed by atoms with E-state index in [4.69, 9.17) is 0 Å². The number of nitrogens with one attached hydrogen (secondary N) is 1. The van der Waals surface area contributed by atoms with E-state index < -0.39 is 0 Å². The lowest BCUT2D eigenvalue weighted by molar-refractivity contribution is 0.634. The van der Waals surface area contributed by atoms with E-state index in [9.17, 15) is 0 Å². The molecular formula is C10H18N4. The summed E-state index contributed by atoms with van der Waals surface area (Å²) in [5.41, 5.74) is 0. The second kappa shape index (κ2) is 4.79. The van der Waals surface area contributed by atoms with Crippen LogP contribution in [0.5, 0.6) is 0 Å². The molecule has 78 valence electrons. The monoisotopic (exact) mass is 194 g/mol. The van der Waals surface area contributed by atoms with Gasteiger partial charge in [-0.25, -0.2) is 4.98 Å². The maximum atomic E-state index is 4.35. The quantitative estimate of drug-likeness (QED) is 0.790. The SMILES string of the molecule is CNc1nccc(N(C)CC(C)C)n1. The Kier molecular flexibility index (Phi) is 3.68. The summed E-state index contributed by atoms with van der Waals surface area (Å²) in [5.74, 6) is 2.25. The van der Waals surface area contributed by atoms with E-state index in [0.29, 0.717) is 11.9 Å². The fourth-order valence-corrected chi connectivity index (χ4v) is 1.32. The van der Waals surface area contributed by atoms with Gasteiger partial charge in [-0.1, -0.05) is 13.8 Å². The highest BCUT2D eigenvalue weighted by Gasteiger charge is 2.05. The van der Waals surface area contributed by atoms with Crippen molar-refractivity contribution < 1.29 is 0 Å². The molecule has 0 unspecified atom stereocenters. The summed E-state index contributed by atoms with van der Waals surface area (Å²) in [6.07, 6.45) is 1.77. The molecule has 14 heavy (non-hydrogen) atoms. The number of hydrogen-bond acceptors (Lipinski definition) is 4. The number of nitrogens with zero attached hydrogens (tertiary/aromatic N) is 3. The maximum absolute atomic E-state index is 4.35. The van der Waals surface area contributed by atoms with Gasteiger partial charge < -0.3 is 10.2 Å². The van der Waals surface area contributed by atoms with Gasteiger partial charge in [0, 0.05) is 26.8 Å². The van der Waals surface area contributed by atoms with Crippen LogP contribution in [0.25, 0.3) is 0 Å². The van der Waals surface area contributed by atoms with Gasteiger partial charge in [-0.3, -0.25) is 0 Å². The Hall–Kier alpha value is -1.32. The standard InChI is InChI=1S/C10H18N4/c1-8(2)7-14(4)9-5-6-12-10(11-3)13-9/h5-6,8H,7H2,1-4H3,(H,11,12,13). The molecule has 0 radical (unpaired) electrons. The maximum Gasteiger partial charge on any atom is 0.224 e. The fourth-order valence-electron chi connectivity index (χ4n) is 1.32. The molecule has 1 rings (SSSR count). The summed E-state index contributed by atoms with van der Waals surface area (Å²) < 4.78 is 0. The Labute approximate surface area is 85.4 Å². The molecule has 1 aromatic rings. The van der Waals surface area contributed by atoms with Gasteiger partial charge >= 0.3 is 0 Å². The van der Waals surface area contributed by atoms with Crippen LogP contribution in [-0.4, -0.2) is 30.6 Å². The first-order chi connectivity index (χ1) is 6.63. The molecule has 0 saturated carbocycles. The molecule has 4 heteroatoms. The van der Waals surface area contributed by atoms with E-state index in [-0.39, 0.29) is 0 Å². The lowest BCUT2D eigenvalue weighted by Crippen LogP contribution is -2.23. The summed E-state index contributed by atoms with van der Waals surface area (Å²) in [7, 11) is 3.86. The largest absolute Gasteiger partial charge is 0.359 e. The van der Waals surface area contributed by atoms with Crippen molar-refractivity contribution in [2.75, 3.05) is 30.9 Å². The highest BCUT2D eigenvalue weighted by Crippen LogP contribution is 2.11. The minimum absolute atomic E-state index is 0.632. The highest BCUT2D eigenvalue weighted by atomic mass is 15.2. The van der Waals surface area contributed by atoms with E-state index in [1.807, 2.05) is 20.2 Å². The van der Waals surface area contributed by atoms with Crippen LogP contribution in [0, 0.1) is 5.92 Å². The third-order valence-corrected chi connectivity index (χ3v) is 1.89. The molecule has 1 heterocycles. The summed E-state index contributed by atoms with van der Waals surface area (Å²) in [6.45, 7) is 5.38. The molecule has 0 spiro atoms. The number of aromatic nitrogens is 2. The van der Waals surface area contributed by atoms with Crippen LogP contribution in [0.1, 0.15) is 13.8 Å². The fraction of sp³-hybridized carbons (Fsp3) is 0.600. The van der Waals surface area contributed by atoms with Crippen LogP contribution in [0.4, 0.5) is 11.8 Å². The van der Waals surface area contributed by atoms with E-state index >= 15 is 0 Å². The van der Waals surface area contributed by atoms with E-state index in [1.165, 1.54) is 0 Å². The Morgan fingerprint density at radius 1 is 1.50 bits per heavy atom. The molecule has 0 aliphatic carbocycles. The summed E-state index contributed by atoms with van der Waals surface area (Å²) in [5, 5.41) is 2.93. The topological polar surface area (TPSA) is 41.1 Å². The van der Waals surface area contributed by atoms with Crippen LogP contribution in [-0.2, 0) is 0 Å². The Bertz CT molecular complexity index is 285. The van der Waals surface area contributed by atoms with Gasteiger partial charge in [0.05, 0.1) is 0 Å². The van der Waals surface area contributed by atoms with Gasteiger partial charge in [0.2, 0.25) is 5.95 Å². The number of anilines is 2. The minimum Gasteiger partial charge on any atom is -0.359 e. The highest BCUT2D eigenvalue weighted by molar-refractivity contribution is 5.41. The zero-order chi connectivity index (χ0) is 10.6. The molecule has 0 atom stereocenters. The van der Waals surface area contributed by atoms with Gasteiger partial charge in [0.15, 0.2) is 0 Å². The smallest absolute Gasteiger partial charge is 0.224 e. The molecule has 4 nitrogen and oxygen atoms in total. The van der Waals surface area contributed by atoms with E-state index in [1.54, 1.807) is 6.20 Å². The molecule has 0 saturated heterocycles. The Morgan fingerprint density at radius 3 is 2.79 bits per heavy atom. The minimum atomic E-state index is 0.632. The molecule has 0 bridgehead atoms. The van der Waals surface area contributed by atoms with Gasteiger partial charge in [-0.15, -0.1) is 0 Å². The zero-order valence-electron chi connectivity index (χ0n) is 9.28. The average Bonchev–Trinajstić information content (AvgIpc) is 2.17. The molecular weight excluding hydrogens is 176 g/mol. The van der Waals surface area contributed by atoms with Crippen molar-refractivity contribution in [2.45, 2.75) is 13.8 Å². The van der Waals surface area contributed by atoms with Crippen LogP contribution in [0.2, 0.25) is 0 Å². The summed E-state index contributed by atoms with van der Waals surface area (Å²) in [6, 6.07) is 1.92. The van der Waals surface area contributed by atoms with Crippen molar-refractivity contribution in [2.24, 2.45) is 5.92 Å². The van der Waals surface area contributed by atoms with Gasteiger partial charge in [0.25, 0.3) is 0 Å². The second-order valence-electron chi connectivity index (χ2n) is 3.76. The van der Waals surface area contributed by atoms with Crippen molar-refractivity contribution in [1.29, 1.82) is 0 Å². The molecule has 0 aliphatic heterocycles. The van der Waals surface area contributed by atoms with Crippen LogP contribution >= 0.6 is 0 Å². The lowest BCUT2D eigenvalue weighted by atomic mass is 10.2. The first kappa shape index (κ1) is 10.8. The van der Waals surface area contributed by atoms with Crippen molar-refractivity contribution >= 4 is 11.8 Å².